The number of anilines is 3. The Hall–Kier alpha value is -9.34. The summed E-state index contributed by atoms with van der Waals surface area (Å²) >= 11 is 1.88. The Morgan fingerprint density at radius 1 is 0.263 bits per heavy atom. The maximum absolute atomic E-state index is 2.66. The van der Waals surface area contributed by atoms with Crippen molar-refractivity contribution in [1.82, 2.24) is 0 Å². The van der Waals surface area contributed by atoms with Crippen molar-refractivity contribution in [2.75, 3.05) is 4.90 Å². The molecule has 0 bridgehead atoms. The van der Waals surface area contributed by atoms with E-state index in [1.54, 1.807) is 0 Å². The molecule has 0 saturated carbocycles. The quantitative estimate of drug-likeness (QED) is 0.154. The summed E-state index contributed by atoms with van der Waals surface area (Å²) in [5, 5.41) is 2.53. The highest BCUT2D eigenvalue weighted by Gasteiger charge is 2.53. The molecule has 12 aromatic carbocycles. The van der Waals surface area contributed by atoms with Gasteiger partial charge < -0.3 is 4.90 Å². The smallest absolute Gasteiger partial charge is 0.0726 e. The second-order valence-corrected chi connectivity index (χ2v) is 21.6. The molecule has 3 aliphatic rings. The van der Waals surface area contributed by atoms with Gasteiger partial charge in [0.1, 0.15) is 0 Å². The maximum atomic E-state index is 2.66. The first-order valence-electron chi connectivity index (χ1n) is 26.4. The molecule has 2 heteroatoms. The Kier molecular flexibility index (Phi) is 9.40. The lowest BCUT2D eigenvalue weighted by Crippen LogP contribution is -2.29. The van der Waals surface area contributed by atoms with E-state index in [0.717, 1.165) is 17.1 Å². The molecular formula is C74H47NS. The van der Waals surface area contributed by atoms with Crippen LogP contribution in [-0.4, -0.2) is 0 Å². The van der Waals surface area contributed by atoms with Gasteiger partial charge in [0.25, 0.3) is 0 Å². The summed E-state index contributed by atoms with van der Waals surface area (Å²) < 4.78 is 2.55. The Morgan fingerprint density at radius 2 is 0.645 bits per heavy atom. The molecular weight excluding hydrogens is 935 g/mol. The van der Waals surface area contributed by atoms with Gasteiger partial charge in [-0.1, -0.05) is 243 Å². The first kappa shape index (κ1) is 43.1. The van der Waals surface area contributed by atoms with Crippen molar-refractivity contribution >= 4 is 48.6 Å². The number of benzene rings is 12. The van der Waals surface area contributed by atoms with Crippen molar-refractivity contribution < 1.29 is 0 Å². The van der Waals surface area contributed by atoms with Crippen LogP contribution in [0.15, 0.2) is 285 Å². The third-order valence-corrected chi connectivity index (χ3v) is 18.1. The first-order valence-corrected chi connectivity index (χ1v) is 27.2. The highest BCUT2D eigenvalue weighted by Crippen LogP contribution is 2.66. The summed E-state index contributed by atoms with van der Waals surface area (Å²) in [6, 6.07) is 107. The monoisotopic (exact) mass is 981 g/mol. The molecule has 0 amide bonds. The molecule has 16 rings (SSSR count). The summed E-state index contributed by atoms with van der Waals surface area (Å²) in [6.07, 6.45) is 0. The predicted molar refractivity (Wildman–Crippen MR) is 318 cm³/mol. The van der Waals surface area contributed by atoms with Gasteiger partial charge in [-0.3, -0.25) is 0 Å². The van der Waals surface area contributed by atoms with Crippen LogP contribution in [0.4, 0.5) is 17.1 Å². The van der Waals surface area contributed by atoms with Crippen LogP contribution in [-0.2, 0) is 10.8 Å². The molecule has 1 aromatic heterocycles. The summed E-state index contributed by atoms with van der Waals surface area (Å²) in [6.45, 7) is 0. The lowest BCUT2D eigenvalue weighted by molar-refractivity contribution is 0.769. The summed E-state index contributed by atoms with van der Waals surface area (Å²) in [5.74, 6) is 0. The normalized spacial score (nSPS) is 13.7. The van der Waals surface area contributed by atoms with E-state index in [1.807, 2.05) is 11.3 Å². The van der Waals surface area contributed by atoms with E-state index in [-0.39, 0.29) is 0 Å². The molecule has 0 radical (unpaired) electrons. The zero-order valence-electron chi connectivity index (χ0n) is 41.5. The van der Waals surface area contributed by atoms with Gasteiger partial charge in [-0.05, 0) is 131 Å². The topological polar surface area (TPSA) is 3.24 Å². The Morgan fingerprint density at radius 3 is 1.21 bits per heavy atom. The second kappa shape index (κ2) is 16.6. The van der Waals surface area contributed by atoms with E-state index < -0.39 is 10.8 Å². The van der Waals surface area contributed by atoms with Crippen LogP contribution in [0.2, 0.25) is 0 Å². The van der Waals surface area contributed by atoms with E-state index >= 15 is 0 Å². The fraction of sp³-hybridized carbons (Fsp3) is 0.0270. The molecule has 0 aliphatic heterocycles. The Labute approximate surface area is 446 Å². The van der Waals surface area contributed by atoms with Gasteiger partial charge in [0, 0.05) is 31.3 Å². The van der Waals surface area contributed by atoms with E-state index in [4.69, 9.17) is 0 Å². The largest absolute Gasteiger partial charge is 0.309 e. The van der Waals surface area contributed by atoms with Crippen molar-refractivity contribution in [1.29, 1.82) is 0 Å². The highest BCUT2D eigenvalue weighted by molar-refractivity contribution is 7.26. The molecule has 0 unspecified atom stereocenters. The molecule has 0 fully saturated rings. The molecule has 3 aliphatic carbocycles. The van der Waals surface area contributed by atoms with Crippen molar-refractivity contribution in [2.45, 2.75) is 10.8 Å². The van der Waals surface area contributed by atoms with Crippen LogP contribution in [0.1, 0.15) is 44.5 Å². The lowest BCUT2D eigenvalue weighted by atomic mass is 9.67. The van der Waals surface area contributed by atoms with Crippen LogP contribution in [0, 0.1) is 0 Å². The number of nitrogens with zero attached hydrogens (tertiary/aromatic N) is 1. The highest BCUT2D eigenvalue weighted by atomic mass is 32.1. The number of rotatable bonds is 7. The molecule has 1 nitrogen and oxygen atoms in total. The fourth-order valence-electron chi connectivity index (χ4n) is 14.1. The number of fused-ring (bicyclic) bond motifs is 16. The van der Waals surface area contributed by atoms with E-state index in [0.29, 0.717) is 0 Å². The van der Waals surface area contributed by atoms with Crippen LogP contribution in [0.25, 0.3) is 75.8 Å². The zero-order valence-corrected chi connectivity index (χ0v) is 42.3. The van der Waals surface area contributed by atoms with Crippen LogP contribution in [0.5, 0.6) is 0 Å². The molecule has 76 heavy (non-hydrogen) atoms. The van der Waals surface area contributed by atoms with Gasteiger partial charge in [0.2, 0.25) is 0 Å². The molecule has 0 saturated heterocycles. The van der Waals surface area contributed by atoms with E-state index in [2.05, 4.69) is 290 Å². The van der Waals surface area contributed by atoms with Crippen molar-refractivity contribution in [3.8, 4) is 55.6 Å². The maximum Gasteiger partial charge on any atom is 0.0726 e. The molecule has 354 valence electrons. The molecule has 0 atom stereocenters. The standard InChI is InChI=1S/C74H47NS/c1-3-22-48(23-4-1)50-26-17-28-52(46-50)73(53-29-18-27-51(47-53)49-24-5-2-6-25-49)61-37-14-9-32-56(61)70-63(73)39-19-41-65(70)75(67-43-21-45-69-72(67)58-34-11-16-44-68(58)76-69)66-42-20-40-64-71(66)57-33-10-15-38-62(57)74(64)59-35-12-7-30-54(59)55-31-8-13-36-60(55)74/h1-47H. The minimum absolute atomic E-state index is 0.504. The second-order valence-electron chi connectivity index (χ2n) is 20.6. The average molecular weight is 982 g/mol. The first-order chi connectivity index (χ1) is 37.7. The van der Waals surface area contributed by atoms with Crippen LogP contribution >= 0.6 is 11.3 Å². The van der Waals surface area contributed by atoms with Gasteiger partial charge in [-0.25, -0.2) is 0 Å². The van der Waals surface area contributed by atoms with Crippen molar-refractivity contribution in [2.24, 2.45) is 0 Å². The zero-order chi connectivity index (χ0) is 50.0. The minimum atomic E-state index is -0.698. The Bertz CT molecular complexity index is 4360. The summed E-state index contributed by atoms with van der Waals surface area (Å²) in [5.41, 5.74) is 25.0. The Balaban J connectivity index is 1.04. The third-order valence-electron chi connectivity index (χ3n) is 17.0. The van der Waals surface area contributed by atoms with Gasteiger partial charge >= 0.3 is 0 Å². The number of hydrogen-bond donors (Lipinski definition) is 0. The average Bonchev–Trinajstić information content (AvgIpc) is 4.40. The fourth-order valence-corrected chi connectivity index (χ4v) is 15.2. The molecule has 1 spiro atoms. The van der Waals surface area contributed by atoms with Gasteiger partial charge in [0.05, 0.1) is 27.9 Å². The SMILES string of the molecule is c1ccc(-c2cccc(C3(c4cccc(-c5ccccc5)c4)c4ccccc4-c4c(N(c5cccc6c5-c5ccccc5C65c6ccccc6-c6ccccc65)c5cccc6sc7ccccc7c56)cccc43)c2)cc1. The van der Waals surface area contributed by atoms with Crippen LogP contribution < -0.4 is 4.90 Å². The molecule has 0 N–H and O–H groups in total. The number of thiophene rings is 1. The summed E-state index contributed by atoms with van der Waals surface area (Å²) in [4.78, 5) is 2.66. The lowest BCUT2D eigenvalue weighted by Gasteiger charge is -2.35. The molecule has 13 aromatic rings. The van der Waals surface area contributed by atoms with Crippen molar-refractivity contribution in [3.05, 3.63) is 330 Å². The van der Waals surface area contributed by atoms with Crippen LogP contribution in [0.3, 0.4) is 0 Å². The van der Waals surface area contributed by atoms with E-state index in [1.165, 1.54) is 120 Å². The van der Waals surface area contributed by atoms with E-state index in [9.17, 15) is 0 Å². The number of hydrogen-bond acceptors (Lipinski definition) is 2. The summed E-state index contributed by atoms with van der Waals surface area (Å²) in [7, 11) is 0. The predicted octanol–water partition coefficient (Wildman–Crippen LogP) is 19.6. The molecule has 1 heterocycles. The van der Waals surface area contributed by atoms with Gasteiger partial charge in [-0.2, -0.15) is 0 Å². The minimum Gasteiger partial charge on any atom is -0.309 e. The van der Waals surface area contributed by atoms with Gasteiger partial charge in [0.15, 0.2) is 0 Å². The van der Waals surface area contributed by atoms with Crippen molar-refractivity contribution in [3.63, 3.8) is 0 Å². The third kappa shape index (κ3) is 5.85. The van der Waals surface area contributed by atoms with Gasteiger partial charge in [-0.15, -0.1) is 11.3 Å².